The van der Waals surface area contributed by atoms with Crippen LogP contribution in [0.1, 0.15) is 29.7 Å². The zero-order chi connectivity index (χ0) is 19.6. The molecule has 3 unspecified atom stereocenters. The van der Waals surface area contributed by atoms with Crippen molar-refractivity contribution >= 4 is 11.8 Å². The number of carbonyl (C=O) groups is 2. The van der Waals surface area contributed by atoms with Gasteiger partial charge in [-0.25, -0.2) is 8.78 Å². The van der Waals surface area contributed by atoms with Crippen LogP contribution in [0, 0.1) is 11.6 Å². The first-order valence-electron chi connectivity index (χ1n) is 8.64. The molecule has 2 aromatic rings. The van der Waals surface area contributed by atoms with Crippen LogP contribution in [0.4, 0.5) is 8.78 Å². The van der Waals surface area contributed by atoms with E-state index in [1.165, 1.54) is 6.92 Å². The van der Waals surface area contributed by atoms with Gasteiger partial charge in [-0.1, -0.05) is 24.3 Å². The fourth-order valence-electron chi connectivity index (χ4n) is 3.28. The largest absolute Gasteiger partial charge is 0.390 e. The van der Waals surface area contributed by atoms with Gasteiger partial charge in [0.15, 0.2) is 0 Å². The van der Waals surface area contributed by atoms with Gasteiger partial charge < -0.3 is 15.7 Å². The van der Waals surface area contributed by atoms with Crippen molar-refractivity contribution < 1.29 is 23.5 Å². The van der Waals surface area contributed by atoms with Gasteiger partial charge in [0.1, 0.15) is 17.7 Å². The van der Waals surface area contributed by atoms with E-state index in [2.05, 4.69) is 10.6 Å². The Balaban J connectivity index is 1.58. The lowest BCUT2D eigenvalue weighted by Crippen LogP contribution is -2.47. The standard InChI is InChI=1S/C20H20F2N2O3/c1-11(23-18(26)8-12-6-14(21)10-15(22)7-12)20(27)24-19-16-5-3-2-4-13(16)9-17(19)25/h2-7,10-11,17,19,25H,8-9H2,1H3,(H,23,26)(H,24,27). The normalized spacial score (nSPS) is 19.3. The van der Waals surface area contributed by atoms with Crippen molar-refractivity contribution in [2.75, 3.05) is 0 Å². The average molecular weight is 374 g/mol. The van der Waals surface area contributed by atoms with E-state index < -0.39 is 41.6 Å². The van der Waals surface area contributed by atoms with Crippen LogP contribution in [0.5, 0.6) is 0 Å². The second kappa shape index (κ2) is 7.84. The monoisotopic (exact) mass is 374 g/mol. The molecule has 1 aliphatic rings. The minimum absolute atomic E-state index is 0.178. The highest BCUT2D eigenvalue weighted by Crippen LogP contribution is 2.31. The number of hydrogen-bond acceptors (Lipinski definition) is 3. The summed E-state index contributed by atoms with van der Waals surface area (Å²) < 4.78 is 26.4. The van der Waals surface area contributed by atoms with E-state index in [0.29, 0.717) is 6.42 Å². The fourth-order valence-corrected chi connectivity index (χ4v) is 3.28. The number of fused-ring (bicyclic) bond motifs is 1. The van der Waals surface area contributed by atoms with E-state index in [-0.39, 0.29) is 12.0 Å². The van der Waals surface area contributed by atoms with E-state index in [1.54, 1.807) is 0 Å². The van der Waals surface area contributed by atoms with E-state index in [9.17, 15) is 23.5 Å². The summed E-state index contributed by atoms with van der Waals surface area (Å²) in [5, 5.41) is 15.4. The second-order valence-corrected chi connectivity index (χ2v) is 6.70. The summed E-state index contributed by atoms with van der Waals surface area (Å²) in [6, 6.07) is 8.90. The molecular formula is C20H20F2N2O3. The summed E-state index contributed by atoms with van der Waals surface area (Å²) in [7, 11) is 0. The van der Waals surface area contributed by atoms with Gasteiger partial charge in [0.05, 0.1) is 18.6 Å². The molecule has 27 heavy (non-hydrogen) atoms. The lowest BCUT2D eigenvalue weighted by atomic mass is 10.1. The summed E-state index contributed by atoms with van der Waals surface area (Å²) >= 11 is 0. The van der Waals surface area contributed by atoms with Crippen LogP contribution < -0.4 is 10.6 Å². The third-order valence-electron chi connectivity index (χ3n) is 4.56. The Morgan fingerprint density at radius 1 is 1.19 bits per heavy atom. The Kier molecular flexibility index (Phi) is 5.51. The molecule has 0 aliphatic heterocycles. The van der Waals surface area contributed by atoms with Crippen LogP contribution in [-0.2, 0) is 22.4 Å². The number of aliphatic hydroxyl groups is 1. The molecule has 0 fully saturated rings. The number of benzene rings is 2. The predicted octanol–water partition coefficient (Wildman–Crippen LogP) is 1.79. The second-order valence-electron chi connectivity index (χ2n) is 6.70. The van der Waals surface area contributed by atoms with Gasteiger partial charge in [0.25, 0.3) is 0 Å². The third kappa shape index (κ3) is 4.49. The maximum atomic E-state index is 13.2. The van der Waals surface area contributed by atoms with Crippen molar-refractivity contribution in [3.05, 3.63) is 70.8 Å². The smallest absolute Gasteiger partial charge is 0.242 e. The average Bonchev–Trinajstić information content (AvgIpc) is 2.89. The molecule has 1 aliphatic carbocycles. The summed E-state index contributed by atoms with van der Waals surface area (Å²) in [6.45, 7) is 1.51. The first-order valence-corrected chi connectivity index (χ1v) is 8.64. The van der Waals surface area contributed by atoms with Crippen LogP contribution in [0.2, 0.25) is 0 Å². The molecule has 2 amide bonds. The molecule has 0 aromatic heterocycles. The minimum Gasteiger partial charge on any atom is -0.390 e. The highest BCUT2D eigenvalue weighted by Gasteiger charge is 2.32. The Labute approximate surface area is 155 Å². The molecule has 2 aromatic carbocycles. The maximum Gasteiger partial charge on any atom is 0.242 e. The lowest BCUT2D eigenvalue weighted by molar-refractivity contribution is -0.129. The Bertz CT molecular complexity index is 852. The van der Waals surface area contributed by atoms with Crippen LogP contribution in [0.3, 0.4) is 0 Å². The van der Waals surface area contributed by atoms with E-state index in [1.807, 2.05) is 24.3 Å². The van der Waals surface area contributed by atoms with E-state index >= 15 is 0 Å². The molecule has 3 atom stereocenters. The zero-order valence-electron chi connectivity index (χ0n) is 14.7. The molecule has 3 rings (SSSR count). The van der Waals surface area contributed by atoms with Gasteiger partial charge >= 0.3 is 0 Å². The Morgan fingerprint density at radius 3 is 2.56 bits per heavy atom. The van der Waals surface area contributed by atoms with Gasteiger partial charge in [-0.05, 0) is 35.7 Å². The number of nitrogens with one attached hydrogen (secondary N) is 2. The number of rotatable bonds is 5. The maximum absolute atomic E-state index is 13.2. The van der Waals surface area contributed by atoms with Gasteiger partial charge in [-0.15, -0.1) is 0 Å². The summed E-state index contributed by atoms with van der Waals surface area (Å²) in [6.07, 6.45) is -0.529. The van der Waals surface area contributed by atoms with Gasteiger partial charge in [-0.3, -0.25) is 9.59 Å². The molecule has 0 saturated heterocycles. The fraction of sp³-hybridized carbons (Fsp3) is 0.300. The summed E-state index contributed by atoms with van der Waals surface area (Å²) in [4.78, 5) is 24.5. The molecule has 0 saturated carbocycles. The number of hydrogen-bond donors (Lipinski definition) is 3. The molecular weight excluding hydrogens is 354 g/mol. The number of amides is 2. The van der Waals surface area contributed by atoms with Gasteiger partial charge in [0, 0.05) is 12.5 Å². The van der Waals surface area contributed by atoms with Crippen LogP contribution >= 0.6 is 0 Å². The van der Waals surface area contributed by atoms with Crippen molar-refractivity contribution in [3.8, 4) is 0 Å². The van der Waals surface area contributed by atoms with Crippen molar-refractivity contribution in [1.82, 2.24) is 10.6 Å². The first kappa shape index (κ1) is 19.0. The molecule has 3 N–H and O–H groups in total. The quantitative estimate of drug-likeness (QED) is 0.747. The van der Waals surface area contributed by atoms with Crippen molar-refractivity contribution in [2.24, 2.45) is 0 Å². The van der Waals surface area contributed by atoms with Crippen molar-refractivity contribution in [1.29, 1.82) is 0 Å². The number of aliphatic hydroxyl groups excluding tert-OH is 1. The van der Waals surface area contributed by atoms with Crippen LogP contribution in [-0.4, -0.2) is 29.1 Å². The molecule has 7 heteroatoms. The molecule has 0 bridgehead atoms. The van der Waals surface area contributed by atoms with Crippen molar-refractivity contribution in [3.63, 3.8) is 0 Å². The first-order chi connectivity index (χ1) is 12.8. The number of carbonyl (C=O) groups excluding carboxylic acids is 2. The minimum atomic E-state index is -0.865. The Morgan fingerprint density at radius 2 is 1.85 bits per heavy atom. The zero-order valence-corrected chi connectivity index (χ0v) is 14.7. The SMILES string of the molecule is CC(NC(=O)Cc1cc(F)cc(F)c1)C(=O)NC1c2ccccc2CC1O. The topological polar surface area (TPSA) is 78.4 Å². The van der Waals surface area contributed by atoms with E-state index in [0.717, 1.165) is 29.3 Å². The number of halogens is 2. The predicted molar refractivity (Wildman–Crippen MR) is 94.7 cm³/mol. The van der Waals surface area contributed by atoms with Gasteiger partial charge in [0.2, 0.25) is 11.8 Å². The molecule has 0 radical (unpaired) electrons. The molecule has 0 spiro atoms. The summed E-state index contributed by atoms with van der Waals surface area (Å²) in [5.41, 5.74) is 2.00. The molecule has 5 nitrogen and oxygen atoms in total. The highest BCUT2D eigenvalue weighted by molar-refractivity contribution is 5.88. The van der Waals surface area contributed by atoms with Crippen molar-refractivity contribution in [2.45, 2.75) is 38.0 Å². The highest BCUT2D eigenvalue weighted by atomic mass is 19.1. The van der Waals surface area contributed by atoms with Gasteiger partial charge in [-0.2, -0.15) is 0 Å². The van der Waals surface area contributed by atoms with Crippen LogP contribution in [0.15, 0.2) is 42.5 Å². The Hall–Kier alpha value is -2.80. The summed E-state index contributed by atoms with van der Waals surface area (Å²) in [5.74, 6) is -2.51. The van der Waals surface area contributed by atoms with E-state index in [4.69, 9.17) is 0 Å². The molecule has 142 valence electrons. The lowest BCUT2D eigenvalue weighted by Gasteiger charge is -2.21. The molecule has 0 heterocycles. The van der Waals surface area contributed by atoms with Crippen LogP contribution in [0.25, 0.3) is 0 Å². The third-order valence-corrected chi connectivity index (χ3v) is 4.56.